The first kappa shape index (κ1) is 12.6. The monoisotopic (exact) mass is 254 g/mol. The molecular formula is C11H14N2O5. The van der Waals surface area contributed by atoms with Crippen LogP contribution in [0.3, 0.4) is 0 Å². The fraction of sp³-hybridized carbons (Fsp3) is 0.455. The third-order valence-electron chi connectivity index (χ3n) is 2.73. The molecule has 1 unspecified atom stereocenters. The first-order valence-electron chi connectivity index (χ1n) is 5.42. The van der Waals surface area contributed by atoms with Crippen LogP contribution >= 0.6 is 0 Å². The summed E-state index contributed by atoms with van der Waals surface area (Å²) in [6.45, 7) is 1.19. The number of rotatable bonds is 4. The number of benzene rings is 1. The fourth-order valence-electron chi connectivity index (χ4n) is 1.88. The first-order valence-corrected chi connectivity index (χ1v) is 5.42. The summed E-state index contributed by atoms with van der Waals surface area (Å²) in [5.74, 6) is 0.765. The van der Waals surface area contributed by atoms with Crippen LogP contribution in [0.15, 0.2) is 12.1 Å². The molecule has 0 spiro atoms. The lowest BCUT2D eigenvalue weighted by Crippen LogP contribution is -2.15. The van der Waals surface area contributed by atoms with Gasteiger partial charge in [0.05, 0.1) is 37.4 Å². The number of nitro benzene ring substituents is 1. The minimum atomic E-state index is -0.481. The lowest BCUT2D eigenvalue weighted by atomic mass is 10.1. The lowest BCUT2D eigenvalue weighted by molar-refractivity contribution is -0.386. The molecule has 1 heterocycles. The van der Waals surface area contributed by atoms with Crippen molar-refractivity contribution in [2.45, 2.75) is 6.23 Å². The van der Waals surface area contributed by atoms with Crippen LogP contribution in [-0.2, 0) is 4.74 Å². The van der Waals surface area contributed by atoms with Crippen molar-refractivity contribution >= 4 is 5.69 Å². The highest BCUT2D eigenvalue weighted by molar-refractivity contribution is 5.55. The van der Waals surface area contributed by atoms with E-state index < -0.39 is 11.2 Å². The normalized spacial score (nSPS) is 18.7. The third kappa shape index (κ3) is 2.22. The van der Waals surface area contributed by atoms with Crippen molar-refractivity contribution in [1.29, 1.82) is 0 Å². The molecule has 0 radical (unpaired) electrons. The van der Waals surface area contributed by atoms with Gasteiger partial charge in [0.2, 0.25) is 0 Å². The van der Waals surface area contributed by atoms with E-state index in [-0.39, 0.29) is 5.69 Å². The second kappa shape index (κ2) is 5.19. The van der Waals surface area contributed by atoms with E-state index >= 15 is 0 Å². The van der Waals surface area contributed by atoms with Gasteiger partial charge in [0.1, 0.15) is 6.23 Å². The first-order chi connectivity index (χ1) is 8.67. The average molecular weight is 254 g/mol. The van der Waals surface area contributed by atoms with Crippen LogP contribution in [-0.4, -0.2) is 32.3 Å². The maximum absolute atomic E-state index is 11.1. The van der Waals surface area contributed by atoms with Gasteiger partial charge < -0.3 is 14.2 Å². The smallest absolute Gasteiger partial charge is 0.280 e. The maximum atomic E-state index is 11.1. The summed E-state index contributed by atoms with van der Waals surface area (Å²) in [5.41, 5.74) is 0.391. The largest absolute Gasteiger partial charge is 0.493 e. The van der Waals surface area contributed by atoms with Crippen LogP contribution in [0, 0.1) is 10.1 Å². The number of hydrogen-bond donors (Lipinski definition) is 1. The number of nitrogens with one attached hydrogen (secondary N) is 1. The zero-order valence-corrected chi connectivity index (χ0v) is 10.1. The van der Waals surface area contributed by atoms with Crippen molar-refractivity contribution in [3.8, 4) is 11.5 Å². The Morgan fingerprint density at radius 2 is 2.06 bits per heavy atom. The minimum absolute atomic E-state index is 0.0490. The molecule has 1 atom stereocenters. The zero-order valence-electron chi connectivity index (χ0n) is 10.1. The lowest BCUT2D eigenvalue weighted by Gasteiger charge is -2.14. The maximum Gasteiger partial charge on any atom is 0.280 e. The molecule has 1 aliphatic heterocycles. The second-order valence-electron chi connectivity index (χ2n) is 3.73. The summed E-state index contributed by atoms with van der Waals surface area (Å²) in [6.07, 6.45) is -0.481. The molecule has 1 fully saturated rings. The van der Waals surface area contributed by atoms with E-state index in [9.17, 15) is 10.1 Å². The average Bonchev–Trinajstić information content (AvgIpc) is 2.90. The van der Waals surface area contributed by atoms with Crippen molar-refractivity contribution in [3.05, 3.63) is 27.8 Å². The summed E-state index contributed by atoms with van der Waals surface area (Å²) in [4.78, 5) is 10.6. The zero-order chi connectivity index (χ0) is 13.1. The molecule has 7 heteroatoms. The molecule has 1 aliphatic rings. The molecule has 0 aromatic heterocycles. The Bertz CT molecular complexity index is 457. The Labute approximate surface area is 104 Å². The van der Waals surface area contributed by atoms with Gasteiger partial charge in [0, 0.05) is 6.54 Å². The van der Waals surface area contributed by atoms with Crippen LogP contribution in [0.1, 0.15) is 11.8 Å². The van der Waals surface area contributed by atoms with Crippen molar-refractivity contribution in [1.82, 2.24) is 5.32 Å². The van der Waals surface area contributed by atoms with Crippen LogP contribution in [0.5, 0.6) is 11.5 Å². The van der Waals surface area contributed by atoms with Crippen LogP contribution < -0.4 is 14.8 Å². The second-order valence-corrected chi connectivity index (χ2v) is 3.73. The third-order valence-corrected chi connectivity index (χ3v) is 2.73. The number of methoxy groups -OCH3 is 2. The SMILES string of the molecule is COc1cc(C2NCCO2)c([N+](=O)[O-])cc1OC. The highest BCUT2D eigenvalue weighted by Gasteiger charge is 2.28. The fourth-order valence-corrected chi connectivity index (χ4v) is 1.88. The van der Waals surface area contributed by atoms with E-state index in [1.165, 1.54) is 20.3 Å². The summed E-state index contributed by atoms with van der Waals surface area (Å²) in [6, 6.07) is 2.91. The van der Waals surface area contributed by atoms with E-state index in [0.29, 0.717) is 30.2 Å². The van der Waals surface area contributed by atoms with Crippen molar-refractivity contribution in [2.75, 3.05) is 27.4 Å². The molecule has 1 aromatic rings. The Balaban J connectivity index is 2.50. The van der Waals surface area contributed by atoms with Crippen LogP contribution in [0.4, 0.5) is 5.69 Å². The Hall–Kier alpha value is -1.86. The molecule has 18 heavy (non-hydrogen) atoms. The minimum Gasteiger partial charge on any atom is -0.493 e. The summed E-state index contributed by atoms with van der Waals surface area (Å²) >= 11 is 0. The molecule has 0 bridgehead atoms. The van der Waals surface area contributed by atoms with Gasteiger partial charge in [-0.1, -0.05) is 0 Å². The molecular weight excluding hydrogens is 240 g/mol. The van der Waals surface area contributed by atoms with Crippen molar-refractivity contribution < 1.29 is 19.1 Å². The summed E-state index contributed by atoms with van der Waals surface area (Å²) < 4.78 is 15.6. The Kier molecular flexibility index (Phi) is 3.63. The Morgan fingerprint density at radius 3 is 2.56 bits per heavy atom. The molecule has 1 saturated heterocycles. The molecule has 0 aliphatic carbocycles. The summed E-state index contributed by atoms with van der Waals surface area (Å²) in [5, 5.41) is 14.1. The van der Waals surface area contributed by atoms with E-state index in [2.05, 4.69) is 5.32 Å². The highest BCUT2D eigenvalue weighted by Crippen LogP contribution is 2.38. The van der Waals surface area contributed by atoms with E-state index in [4.69, 9.17) is 14.2 Å². The molecule has 1 aromatic carbocycles. The van der Waals surface area contributed by atoms with Gasteiger partial charge in [-0.2, -0.15) is 0 Å². The van der Waals surface area contributed by atoms with Crippen LogP contribution in [0.25, 0.3) is 0 Å². The van der Waals surface area contributed by atoms with Gasteiger partial charge in [0.15, 0.2) is 11.5 Å². The molecule has 0 saturated carbocycles. The van der Waals surface area contributed by atoms with Gasteiger partial charge in [-0.05, 0) is 6.07 Å². The van der Waals surface area contributed by atoms with E-state index in [1.807, 2.05) is 0 Å². The van der Waals surface area contributed by atoms with Gasteiger partial charge in [-0.25, -0.2) is 0 Å². The number of nitro groups is 1. The topological polar surface area (TPSA) is 82.9 Å². The Morgan fingerprint density at radius 1 is 1.39 bits per heavy atom. The predicted molar refractivity (Wildman–Crippen MR) is 62.9 cm³/mol. The highest BCUT2D eigenvalue weighted by atomic mass is 16.6. The number of ether oxygens (including phenoxy) is 3. The van der Waals surface area contributed by atoms with E-state index in [1.54, 1.807) is 6.07 Å². The molecule has 98 valence electrons. The molecule has 1 N–H and O–H groups in total. The predicted octanol–water partition coefficient (Wildman–Crippen LogP) is 1.23. The van der Waals surface area contributed by atoms with Gasteiger partial charge in [-0.3, -0.25) is 15.4 Å². The molecule has 2 rings (SSSR count). The van der Waals surface area contributed by atoms with Crippen molar-refractivity contribution in [3.63, 3.8) is 0 Å². The molecule has 7 nitrogen and oxygen atoms in total. The number of hydrogen-bond acceptors (Lipinski definition) is 6. The van der Waals surface area contributed by atoms with Crippen molar-refractivity contribution in [2.24, 2.45) is 0 Å². The van der Waals surface area contributed by atoms with Crippen LogP contribution in [0.2, 0.25) is 0 Å². The van der Waals surface area contributed by atoms with Gasteiger partial charge in [-0.15, -0.1) is 0 Å². The quantitative estimate of drug-likeness (QED) is 0.642. The standard InChI is InChI=1S/C11H14N2O5/c1-16-9-5-7(11-12-3-4-18-11)8(13(14)15)6-10(9)17-2/h5-6,11-12H,3-4H2,1-2H3. The van der Waals surface area contributed by atoms with Gasteiger partial charge in [0.25, 0.3) is 5.69 Å². The molecule has 0 amide bonds. The number of nitrogens with zero attached hydrogens (tertiary/aromatic N) is 1. The summed E-state index contributed by atoms with van der Waals surface area (Å²) in [7, 11) is 2.92. The van der Waals surface area contributed by atoms with Gasteiger partial charge >= 0.3 is 0 Å². The van der Waals surface area contributed by atoms with E-state index in [0.717, 1.165) is 0 Å².